The second-order valence-corrected chi connectivity index (χ2v) is 5.56. The van der Waals surface area contributed by atoms with Crippen LogP contribution < -0.4 is 0 Å². The molecule has 0 bridgehead atoms. The first-order valence-electron chi connectivity index (χ1n) is 6.42. The van der Waals surface area contributed by atoms with E-state index in [-0.39, 0.29) is 5.78 Å². The van der Waals surface area contributed by atoms with Crippen molar-refractivity contribution in [1.82, 2.24) is 9.80 Å². The molecule has 1 saturated heterocycles. The van der Waals surface area contributed by atoms with Gasteiger partial charge in [0.25, 0.3) is 0 Å². The Bertz CT molecular complexity index is 397. The van der Waals surface area contributed by atoms with Gasteiger partial charge in [0.15, 0.2) is 5.78 Å². The molecule has 98 valence electrons. The number of likely N-dealkylation sites (N-methyl/N-ethyl adjacent to an activating group) is 1. The number of rotatable bonds is 4. The van der Waals surface area contributed by atoms with Gasteiger partial charge in [0.05, 0.1) is 6.54 Å². The Balaban J connectivity index is 1.86. The predicted octanol–water partition coefficient (Wildman–Crippen LogP) is 2.27. The minimum atomic E-state index is 0.215. The molecule has 1 aromatic rings. The first-order valence-corrected chi connectivity index (χ1v) is 7.22. The summed E-state index contributed by atoms with van der Waals surface area (Å²) in [4.78, 5) is 16.8. The van der Waals surface area contributed by atoms with Gasteiger partial charge in [-0.3, -0.25) is 9.69 Å². The smallest absolute Gasteiger partial charge is 0.176 e. The number of piperazine rings is 1. The molecule has 0 saturated carbocycles. The number of ketones is 1. The summed E-state index contributed by atoms with van der Waals surface area (Å²) in [6, 6.07) is 7.61. The number of benzene rings is 1. The maximum atomic E-state index is 12.1. The van der Waals surface area contributed by atoms with E-state index in [1.165, 1.54) is 0 Å². The lowest BCUT2D eigenvalue weighted by Gasteiger charge is -2.33. The van der Waals surface area contributed by atoms with Crippen molar-refractivity contribution in [3.8, 4) is 0 Å². The van der Waals surface area contributed by atoms with Gasteiger partial charge in [-0.2, -0.15) is 0 Å². The summed E-state index contributed by atoms with van der Waals surface area (Å²) in [5.41, 5.74) is 0.802. The zero-order chi connectivity index (χ0) is 13.0. The van der Waals surface area contributed by atoms with Crippen molar-refractivity contribution in [1.29, 1.82) is 0 Å². The lowest BCUT2D eigenvalue weighted by atomic mass is 10.1. The van der Waals surface area contributed by atoms with Crippen LogP contribution in [0.3, 0.4) is 0 Å². The molecule has 18 heavy (non-hydrogen) atoms. The third kappa shape index (κ3) is 3.64. The molecule has 4 heteroatoms. The van der Waals surface area contributed by atoms with Crippen LogP contribution in [-0.4, -0.2) is 54.9 Å². The highest BCUT2D eigenvalue weighted by molar-refractivity contribution is 9.10. The number of carbonyl (C=O) groups is 1. The molecular formula is C14H19BrN2O. The van der Waals surface area contributed by atoms with Crippen molar-refractivity contribution in [2.45, 2.75) is 6.92 Å². The Labute approximate surface area is 117 Å². The van der Waals surface area contributed by atoms with Crippen molar-refractivity contribution in [2.24, 2.45) is 0 Å². The molecule has 3 nitrogen and oxygen atoms in total. The summed E-state index contributed by atoms with van der Waals surface area (Å²) in [7, 11) is 0. The lowest BCUT2D eigenvalue weighted by Crippen LogP contribution is -2.47. The molecule has 0 spiro atoms. The SMILES string of the molecule is CCN1CCN(CC(=O)c2ccc(Br)cc2)CC1. The molecular weight excluding hydrogens is 292 g/mol. The highest BCUT2D eigenvalue weighted by atomic mass is 79.9. The monoisotopic (exact) mass is 310 g/mol. The van der Waals surface area contributed by atoms with Crippen LogP contribution in [0.1, 0.15) is 17.3 Å². The van der Waals surface area contributed by atoms with Crippen molar-refractivity contribution in [2.75, 3.05) is 39.3 Å². The average Bonchev–Trinajstić information content (AvgIpc) is 2.40. The number of carbonyl (C=O) groups excluding carboxylic acids is 1. The molecule has 1 aliphatic rings. The van der Waals surface area contributed by atoms with Crippen molar-refractivity contribution in [3.05, 3.63) is 34.3 Å². The Hall–Kier alpha value is -0.710. The van der Waals surface area contributed by atoms with Crippen LogP contribution in [0, 0.1) is 0 Å². The van der Waals surface area contributed by atoms with Gasteiger partial charge in [-0.25, -0.2) is 0 Å². The van der Waals surface area contributed by atoms with E-state index in [0.717, 1.165) is 42.8 Å². The third-order valence-corrected chi connectivity index (χ3v) is 3.97. The second kappa shape index (κ2) is 6.45. The van der Waals surface area contributed by atoms with Crippen LogP contribution in [0.15, 0.2) is 28.7 Å². The molecule has 0 unspecified atom stereocenters. The van der Waals surface area contributed by atoms with E-state index in [1.54, 1.807) is 0 Å². The Morgan fingerprint density at radius 2 is 1.67 bits per heavy atom. The fourth-order valence-electron chi connectivity index (χ4n) is 2.19. The van der Waals surface area contributed by atoms with Crippen molar-refractivity contribution >= 4 is 21.7 Å². The maximum Gasteiger partial charge on any atom is 0.176 e. The lowest BCUT2D eigenvalue weighted by molar-refractivity contribution is 0.0859. The first-order chi connectivity index (χ1) is 8.69. The number of nitrogens with zero attached hydrogens (tertiary/aromatic N) is 2. The molecule has 0 N–H and O–H groups in total. The Morgan fingerprint density at radius 3 is 2.22 bits per heavy atom. The van der Waals surface area contributed by atoms with E-state index >= 15 is 0 Å². The summed E-state index contributed by atoms with van der Waals surface area (Å²) < 4.78 is 1.01. The normalized spacial score (nSPS) is 17.9. The maximum absolute atomic E-state index is 12.1. The molecule has 2 rings (SSSR count). The fourth-order valence-corrected chi connectivity index (χ4v) is 2.46. The van der Waals surface area contributed by atoms with Crippen LogP contribution in [0.25, 0.3) is 0 Å². The van der Waals surface area contributed by atoms with Crippen LogP contribution in [0.2, 0.25) is 0 Å². The fraction of sp³-hybridized carbons (Fsp3) is 0.500. The highest BCUT2D eigenvalue weighted by Gasteiger charge is 2.18. The second-order valence-electron chi connectivity index (χ2n) is 4.64. The quantitative estimate of drug-likeness (QED) is 0.797. The minimum Gasteiger partial charge on any atom is -0.301 e. The molecule has 0 atom stereocenters. The molecule has 0 aromatic heterocycles. The van der Waals surface area contributed by atoms with E-state index in [1.807, 2.05) is 24.3 Å². The topological polar surface area (TPSA) is 23.6 Å². The average molecular weight is 311 g/mol. The van der Waals surface area contributed by atoms with Crippen molar-refractivity contribution < 1.29 is 4.79 Å². The number of hydrogen-bond acceptors (Lipinski definition) is 3. The Kier molecular flexibility index (Phi) is 4.92. The zero-order valence-corrected chi connectivity index (χ0v) is 12.3. The molecule has 0 amide bonds. The molecule has 0 radical (unpaired) electrons. The van der Waals surface area contributed by atoms with Gasteiger partial charge in [0, 0.05) is 36.2 Å². The van der Waals surface area contributed by atoms with E-state index in [2.05, 4.69) is 32.7 Å². The predicted molar refractivity (Wildman–Crippen MR) is 77.0 cm³/mol. The largest absolute Gasteiger partial charge is 0.301 e. The van der Waals surface area contributed by atoms with Gasteiger partial charge < -0.3 is 4.90 Å². The van der Waals surface area contributed by atoms with Crippen LogP contribution in [0.4, 0.5) is 0 Å². The van der Waals surface area contributed by atoms with E-state index in [0.29, 0.717) is 6.54 Å². The summed E-state index contributed by atoms with van der Waals surface area (Å²) in [5, 5.41) is 0. The number of Topliss-reactive ketones (excluding diaryl/α,β-unsaturated/α-hetero) is 1. The van der Waals surface area contributed by atoms with Gasteiger partial charge in [-0.05, 0) is 18.7 Å². The minimum absolute atomic E-state index is 0.215. The Morgan fingerprint density at radius 1 is 1.11 bits per heavy atom. The zero-order valence-electron chi connectivity index (χ0n) is 10.7. The van der Waals surface area contributed by atoms with Gasteiger partial charge in [0.1, 0.15) is 0 Å². The van der Waals surface area contributed by atoms with Gasteiger partial charge >= 0.3 is 0 Å². The third-order valence-electron chi connectivity index (χ3n) is 3.45. The molecule has 1 aromatic carbocycles. The first kappa shape index (κ1) is 13.7. The summed E-state index contributed by atoms with van der Waals surface area (Å²) in [6.07, 6.45) is 0. The molecule has 1 aliphatic heterocycles. The molecule has 1 heterocycles. The molecule has 1 fully saturated rings. The number of halogens is 1. The number of hydrogen-bond donors (Lipinski definition) is 0. The summed E-state index contributed by atoms with van der Waals surface area (Å²) >= 11 is 3.38. The van der Waals surface area contributed by atoms with Crippen molar-refractivity contribution in [3.63, 3.8) is 0 Å². The summed E-state index contributed by atoms with van der Waals surface area (Å²) in [5.74, 6) is 0.215. The summed E-state index contributed by atoms with van der Waals surface area (Å²) in [6.45, 7) is 7.97. The van der Waals surface area contributed by atoms with Crippen LogP contribution in [-0.2, 0) is 0 Å². The van der Waals surface area contributed by atoms with E-state index < -0.39 is 0 Å². The van der Waals surface area contributed by atoms with Gasteiger partial charge in [-0.15, -0.1) is 0 Å². The van der Waals surface area contributed by atoms with E-state index in [4.69, 9.17) is 0 Å². The van der Waals surface area contributed by atoms with Crippen LogP contribution >= 0.6 is 15.9 Å². The van der Waals surface area contributed by atoms with E-state index in [9.17, 15) is 4.79 Å². The standard InChI is InChI=1S/C14H19BrN2O/c1-2-16-7-9-17(10-8-16)11-14(18)12-3-5-13(15)6-4-12/h3-6H,2,7-11H2,1H3. The van der Waals surface area contributed by atoms with Crippen LogP contribution in [0.5, 0.6) is 0 Å². The highest BCUT2D eigenvalue weighted by Crippen LogP contribution is 2.12. The van der Waals surface area contributed by atoms with Gasteiger partial charge in [0.2, 0.25) is 0 Å². The van der Waals surface area contributed by atoms with Gasteiger partial charge in [-0.1, -0.05) is 35.0 Å². The molecule has 0 aliphatic carbocycles.